The van der Waals surface area contributed by atoms with Gasteiger partial charge in [-0.15, -0.1) is 0 Å². The van der Waals surface area contributed by atoms with Crippen molar-refractivity contribution in [2.75, 3.05) is 12.3 Å². The van der Waals surface area contributed by atoms with E-state index in [0.29, 0.717) is 17.7 Å². The highest BCUT2D eigenvalue weighted by molar-refractivity contribution is 7.98. The molecule has 0 unspecified atom stereocenters. The van der Waals surface area contributed by atoms with E-state index in [1.807, 2.05) is 73.7 Å². The lowest BCUT2D eigenvalue weighted by Crippen LogP contribution is -2.51. The maximum atomic E-state index is 13.2. The van der Waals surface area contributed by atoms with E-state index in [9.17, 15) is 19.5 Å². The molecule has 1 atom stereocenters. The number of thioether (sulfide) groups is 1. The number of urea groups is 1. The van der Waals surface area contributed by atoms with Crippen LogP contribution in [0.2, 0.25) is 0 Å². The summed E-state index contributed by atoms with van der Waals surface area (Å²) in [6.45, 7) is 2.04. The summed E-state index contributed by atoms with van der Waals surface area (Å²) in [7, 11) is 0. The van der Waals surface area contributed by atoms with Gasteiger partial charge in [0.2, 0.25) is 0 Å². The summed E-state index contributed by atoms with van der Waals surface area (Å²) < 4.78 is 0. The van der Waals surface area contributed by atoms with Gasteiger partial charge in [-0.3, -0.25) is 9.69 Å². The Labute approximate surface area is 204 Å². The van der Waals surface area contributed by atoms with Gasteiger partial charge in [0.25, 0.3) is 5.91 Å². The van der Waals surface area contributed by atoms with Gasteiger partial charge in [-0.1, -0.05) is 79.7 Å². The second-order valence-electron chi connectivity index (χ2n) is 7.74. The van der Waals surface area contributed by atoms with Crippen LogP contribution in [-0.4, -0.2) is 46.3 Å². The van der Waals surface area contributed by atoms with E-state index in [2.05, 4.69) is 5.32 Å². The first-order valence-corrected chi connectivity index (χ1v) is 12.3. The fraction of sp³-hybridized carbons (Fsp3) is 0.222. The van der Waals surface area contributed by atoms with E-state index in [1.54, 1.807) is 18.2 Å². The minimum absolute atomic E-state index is 0.184. The molecule has 176 valence electrons. The highest BCUT2D eigenvalue weighted by Crippen LogP contribution is 2.21. The van der Waals surface area contributed by atoms with Gasteiger partial charge in [-0.05, 0) is 35.2 Å². The molecule has 3 aromatic carbocycles. The molecule has 34 heavy (non-hydrogen) atoms. The van der Waals surface area contributed by atoms with Gasteiger partial charge in [-0.2, -0.15) is 11.8 Å². The van der Waals surface area contributed by atoms with Crippen LogP contribution < -0.4 is 5.32 Å². The molecule has 0 bridgehead atoms. The van der Waals surface area contributed by atoms with E-state index in [-0.39, 0.29) is 12.3 Å². The minimum Gasteiger partial charge on any atom is -0.480 e. The van der Waals surface area contributed by atoms with E-state index < -0.39 is 23.9 Å². The van der Waals surface area contributed by atoms with Gasteiger partial charge < -0.3 is 10.4 Å². The molecule has 0 aliphatic rings. The van der Waals surface area contributed by atoms with Gasteiger partial charge >= 0.3 is 12.0 Å². The fourth-order valence-electron chi connectivity index (χ4n) is 3.41. The molecule has 3 aromatic rings. The van der Waals surface area contributed by atoms with E-state index in [1.165, 1.54) is 11.8 Å². The highest BCUT2D eigenvalue weighted by atomic mass is 32.2. The number of hydrogen-bond acceptors (Lipinski definition) is 4. The third-order valence-electron chi connectivity index (χ3n) is 5.15. The van der Waals surface area contributed by atoms with Crippen molar-refractivity contribution in [2.24, 2.45) is 0 Å². The van der Waals surface area contributed by atoms with Gasteiger partial charge in [0.05, 0.1) is 0 Å². The number of carboxylic acids is 1. The van der Waals surface area contributed by atoms with E-state index in [4.69, 9.17) is 0 Å². The van der Waals surface area contributed by atoms with Crippen LogP contribution in [0, 0.1) is 0 Å². The van der Waals surface area contributed by atoms with Crippen LogP contribution in [0.15, 0.2) is 84.9 Å². The maximum absolute atomic E-state index is 13.2. The minimum atomic E-state index is -1.14. The second-order valence-corrected chi connectivity index (χ2v) is 8.77. The molecule has 0 saturated carbocycles. The lowest BCUT2D eigenvalue weighted by Gasteiger charge is -2.23. The number of nitrogens with one attached hydrogen (secondary N) is 1. The average Bonchev–Trinajstić information content (AvgIpc) is 2.87. The number of carbonyl (C=O) groups is 3. The number of hydrogen-bond donors (Lipinski definition) is 2. The number of nitrogens with zero attached hydrogens (tertiary/aromatic N) is 1. The van der Waals surface area contributed by atoms with Gasteiger partial charge in [0.15, 0.2) is 0 Å². The zero-order valence-electron chi connectivity index (χ0n) is 19.0. The van der Waals surface area contributed by atoms with Crippen LogP contribution in [0.1, 0.15) is 29.3 Å². The summed E-state index contributed by atoms with van der Waals surface area (Å²) in [5, 5.41) is 12.1. The molecule has 2 N–H and O–H groups in total. The lowest BCUT2D eigenvalue weighted by atomic mass is 10.0. The first-order valence-electron chi connectivity index (χ1n) is 11.1. The number of amides is 3. The normalized spacial score (nSPS) is 11.4. The molecule has 0 aliphatic carbocycles. The Kier molecular flexibility index (Phi) is 9.29. The van der Waals surface area contributed by atoms with Crippen molar-refractivity contribution >= 4 is 29.7 Å². The predicted molar refractivity (Wildman–Crippen MR) is 136 cm³/mol. The summed E-state index contributed by atoms with van der Waals surface area (Å²) in [5.74, 6) is -0.778. The molecule has 0 aliphatic heterocycles. The van der Waals surface area contributed by atoms with E-state index in [0.717, 1.165) is 21.6 Å². The Morgan fingerprint density at radius 2 is 1.56 bits per heavy atom. The van der Waals surface area contributed by atoms with Crippen LogP contribution in [0.25, 0.3) is 11.1 Å². The van der Waals surface area contributed by atoms with Gasteiger partial charge in [-0.25, -0.2) is 9.59 Å². The molecule has 0 aromatic heterocycles. The summed E-state index contributed by atoms with van der Waals surface area (Å²) in [6.07, 6.45) is 0.554. The third kappa shape index (κ3) is 6.96. The zero-order valence-corrected chi connectivity index (χ0v) is 19.8. The van der Waals surface area contributed by atoms with Crippen LogP contribution >= 0.6 is 11.8 Å². The standard InChI is InChI=1S/C27H28N2O4S/c1-2-16-29(25(30)23-15-9-14-22(17-23)21-12-7-4-8-13-21)27(33)28-24(26(31)32)19-34-18-20-10-5-3-6-11-20/h3-15,17,24H,2,16,18-19H2,1H3,(H,28,33)(H,31,32)/t24-/m1/s1. The molecule has 0 heterocycles. The fourth-order valence-corrected chi connectivity index (χ4v) is 4.42. The number of benzene rings is 3. The Morgan fingerprint density at radius 1 is 0.912 bits per heavy atom. The molecular formula is C27H28N2O4S. The van der Waals surface area contributed by atoms with Gasteiger partial charge in [0, 0.05) is 23.6 Å². The van der Waals surface area contributed by atoms with Crippen molar-refractivity contribution < 1.29 is 19.5 Å². The predicted octanol–water partition coefficient (Wildman–Crippen LogP) is 5.30. The first-order chi connectivity index (χ1) is 16.5. The second kappa shape index (κ2) is 12.6. The maximum Gasteiger partial charge on any atom is 0.327 e. The van der Waals surface area contributed by atoms with Crippen molar-refractivity contribution in [1.82, 2.24) is 10.2 Å². The average molecular weight is 477 g/mol. The lowest BCUT2D eigenvalue weighted by molar-refractivity contribution is -0.138. The van der Waals surface area contributed by atoms with Crippen LogP contribution in [0.3, 0.4) is 0 Å². The van der Waals surface area contributed by atoms with Crippen LogP contribution in [0.5, 0.6) is 0 Å². The third-order valence-corrected chi connectivity index (χ3v) is 6.25. The summed E-state index contributed by atoms with van der Waals surface area (Å²) in [5.41, 5.74) is 3.27. The molecule has 0 saturated heterocycles. The number of carbonyl (C=O) groups excluding carboxylic acids is 2. The molecule has 0 spiro atoms. The van der Waals surface area contributed by atoms with Crippen molar-refractivity contribution in [2.45, 2.75) is 25.1 Å². The van der Waals surface area contributed by atoms with Crippen molar-refractivity contribution in [3.63, 3.8) is 0 Å². The molecule has 0 fully saturated rings. The Hall–Kier alpha value is -3.58. The zero-order chi connectivity index (χ0) is 24.3. The van der Waals surface area contributed by atoms with Crippen LogP contribution in [0.4, 0.5) is 4.79 Å². The van der Waals surface area contributed by atoms with Crippen molar-refractivity contribution in [1.29, 1.82) is 0 Å². The van der Waals surface area contributed by atoms with Gasteiger partial charge in [0.1, 0.15) is 6.04 Å². The van der Waals surface area contributed by atoms with Crippen molar-refractivity contribution in [3.8, 4) is 11.1 Å². The summed E-state index contributed by atoms with van der Waals surface area (Å²) in [6, 6.07) is 24.6. The van der Waals surface area contributed by atoms with Crippen molar-refractivity contribution in [3.05, 3.63) is 96.1 Å². The quantitative estimate of drug-likeness (QED) is 0.415. The topological polar surface area (TPSA) is 86.7 Å². The smallest absolute Gasteiger partial charge is 0.327 e. The van der Waals surface area contributed by atoms with Crippen LogP contribution in [-0.2, 0) is 10.5 Å². The molecule has 3 rings (SSSR count). The molecule has 6 nitrogen and oxygen atoms in total. The molecule has 3 amide bonds. The Bertz CT molecular complexity index is 1110. The first kappa shape index (κ1) is 25.1. The molecule has 7 heteroatoms. The SMILES string of the molecule is CCCN(C(=O)N[C@H](CSCc1ccccc1)C(=O)O)C(=O)c1cccc(-c2ccccc2)c1. The number of rotatable bonds is 10. The number of carboxylic acid groups (broad SMARTS) is 1. The summed E-state index contributed by atoms with van der Waals surface area (Å²) >= 11 is 1.42. The highest BCUT2D eigenvalue weighted by Gasteiger charge is 2.27. The molecular weight excluding hydrogens is 448 g/mol. The Balaban J connectivity index is 1.69. The number of aliphatic carboxylic acids is 1. The molecule has 0 radical (unpaired) electrons. The monoisotopic (exact) mass is 476 g/mol. The Morgan fingerprint density at radius 3 is 2.21 bits per heavy atom. The summed E-state index contributed by atoms with van der Waals surface area (Å²) in [4.78, 5) is 39.0. The largest absolute Gasteiger partial charge is 0.480 e. The van der Waals surface area contributed by atoms with E-state index >= 15 is 0 Å². The number of imide groups is 1.